The average Bonchev–Trinajstić information content (AvgIpc) is 1.72. The maximum absolute atomic E-state index is 14.4. The predicted molar refractivity (Wildman–Crippen MR) is 494 cm³/mol. The summed E-state index contributed by atoms with van der Waals surface area (Å²) in [6.45, 7) is 24.7. The second-order valence-electron chi connectivity index (χ2n) is 30.0. The highest BCUT2D eigenvalue weighted by molar-refractivity contribution is 9.11. The van der Waals surface area contributed by atoms with Crippen molar-refractivity contribution < 1.29 is 50.6 Å². The van der Waals surface area contributed by atoms with Gasteiger partial charge >= 0.3 is 7.12 Å². The number of hydrogen-bond acceptors (Lipinski definition) is 24. The molecule has 6 saturated heterocycles. The van der Waals surface area contributed by atoms with Gasteiger partial charge in [-0.25, -0.2) is 57.4 Å². The lowest BCUT2D eigenvalue weighted by atomic mass is 9.75. The summed E-state index contributed by atoms with van der Waals surface area (Å²) in [6.07, 6.45) is 18.4. The zero-order valence-corrected chi connectivity index (χ0v) is 76.6. The normalized spacial score (nSPS) is 17.7. The van der Waals surface area contributed by atoms with Gasteiger partial charge in [0.05, 0.1) is 132 Å². The number of hydrogen-bond donors (Lipinski definition) is 2. The van der Waals surface area contributed by atoms with E-state index in [4.69, 9.17) is 87.7 Å². The van der Waals surface area contributed by atoms with E-state index < -0.39 is 7.12 Å². The van der Waals surface area contributed by atoms with E-state index in [0.29, 0.717) is 68.8 Å². The Labute approximate surface area is 753 Å². The van der Waals surface area contributed by atoms with Crippen molar-refractivity contribution in [3.05, 3.63) is 191 Å². The van der Waals surface area contributed by atoms with Crippen molar-refractivity contribution in [2.24, 2.45) is 0 Å². The highest BCUT2D eigenvalue weighted by Crippen LogP contribution is 2.46. The number of fused-ring (bicyclic) bond motifs is 8. The van der Waals surface area contributed by atoms with Crippen LogP contribution in [0.1, 0.15) is 72.2 Å². The maximum Gasteiger partial charge on any atom is 0.495 e. The van der Waals surface area contributed by atoms with E-state index in [-0.39, 0.29) is 45.0 Å². The lowest BCUT2D eigenvalue weighted by molar-refractivity contribution is 0.00578. The third kappa shape index (κ3) is 19.4. The number of rotatable bonds is 7. The number of anilines is 3. The van der Waals surface area contributed by atoms with Gasteiger partial charge in [-0.1, -0.05) is 66.3 Å². The molecule has 630 valence electrons. The van der Waals surface area contributed by atoms with Gasteiger partial charge in [-0.05, 0) is 217 Å². The van der Waals surface area contributed by atoms with E-state index >= 15 is 0 Å². The summed E-state index contributed by atoms with van der Waals surface area (Å²) in [5, 5.41) is 15.2. The van der Waals surface area contributed by atoms with Crippen LogP contribution < -0.4 is 30.8 Å². The molecule has 8 aromatic heterocycles. The Balaban J connectivity index is 0.000000111. The third-order valence-corrected chi connectivity index (χ3v) is 29.3. The molecule has 14 heterocycles. The molecule has 20 nitrogen and oxygen atoms in total. The van der Waals surface area contributed by atoms with E-state index in [1.54, 1.807) is 58.3 Å². The summed E-state index contributed by atoms with van der Waals surface area (Å²) in [5.74, 6) is 0.791. The van der Waals surface area contributed by atoms with Crippen LogP contribution in [0.5, 0.6) is 0 Å². The monoisotopic (exact) mass is 1970 g/mol. The van der Waals surface area contributed by atoms with Gasteiger partial charge < -0.3 is 58.3 Å². The molecule has 35 heteroatoms. The molecular formula is C86H82BBr3Cl3F4N13O7S4. The lowest BCUT2D eigenvalue weighted by Gasteiger charge is -2.32. The minimum atomic E-state index is -0.429. The van der Waals surface area contributed by atoms with Gasteiger partial charge in [0.2, 0.25) is 22.5 Å². The number of morpholine rings is 5. The molecule has 22 rings (SSSR count). The molecule has 2 N–H and O–H groups in total. The Kier molecular flexibility index (Phi) is 28.5. The van der Waals surface area contributed by atoms with E-state index in [0.717, 1.165) is 249 Å². The summed E-state index contributed by atoms with van der Waals surface area (Å²) in [4.78, 5) is 42.9. The molecule has 4 aromatic carbocycles. The standard InChI is InChI=1S/C23H23FN4O2S.C19H15BrFN3OS.C15H18BFO2.C15H7BrClFN2S.C6HBrCl2N2S.2C4H9NO/c24-18-5-4-17(15-2-1-3-16(15)18)20-22-21(19(14-31-22)27-6-10-29-11-7-27)26-23(25-20)28-8-12-30-13-9-28;20-14-10-26-18-16(13-4-5-15(21)12-3-1-2-11(12)13)22-19(23-17(14)18)24-6-8-25-9-7-24;1-14(2)15(3,4)19-16(18-14)12-8-9-13(17)11-7-5-6-10(11)12;16-10-6-21-14-12(19-15(17)20-13(10)14)9-4-5-11(18)8-3-1-2-7(8)9;7-2-1-12-4-3(2)10-6(9)11-5(4)8;2*1-3-6-4-2-5-1/h1-2,4-5,14H,3,6-13H2;1-2,4-5,10H,3,6-9H2;5-6,8-9H,7H2,1-4H3;1-2,4-6H,3H2;1H;2*5H,1-4H2. The highest BCUT2D eigenvalue weighted by atomic mass is 79.9. The first-order valence-electron chi connectivity index (χ1n) is 39.6. The van der Waals surface area contributed by atoms with Crippen LogP contribution in [0, 0.1) is 23.3 Å². The van der Waals surface area contributed by atoms with Gasteiger partial charge in [0.15, 0.2) is 5.15 Å². The van der Waals surface area contributed by atoms with E-state index in [1.807, 2.05) is 105 Å². The molecule has 0 saturated carbocycles. The first-order valence-corrected chi connectivity index (χ1v) is 46.6. The molecule has 0 spiro atoms. The van der Waals surface area contributed by atoms with Gasteiger partial charge in [0, 0.05) is 104 Å². The number of allylic oxidation sites excluding steroid dienone is 4. The minimum absolute atomic E-state index is 0.150. The minimum Gasteiger partial charge on any atom is -0.399 e. The van der Waals surface area contributed by atoms with Crippen LogP contribution in [-0.4, -0.2) is 190 Å². The number of aromatic nitrogens is 8. The summed E-state index contributed by atoms with van der Waals surface area (Å²) in [6, 6.07) is 13.3. The van der Waals surface area contributed by atoms with Crippen molar-refractivity contribution >= 4 is 223 Å². The zero-order valence-electron chi connectivity index (χ0n) is 66.3. The van der Waals surface area contributed by atoms with Crippen molar-refractivity contribution in [3.8, 4) is 33.8 Å². The molecular weight excluding hydrogens is 1890 g/mol. The van der Waals surface area contributed by atoms with Crippen molar-refractivity contribution in [1.82, 2.24) is 50.5 Å². The summed E-state index contributed by atoms with van der Waals surface area (Å²) in [5.41, 5.74) is 16.7. The Morgan fingerprint density at radius 1 is 0.388 bits per heavy atom. The third-order valence-electron chi connectivity index (χ3n) is 22.0. The van der Waals surface area contributed by atoms with Crippen LogP contribution in [0.25, 0.3) is 98.9 Å². The fourth-order valence-electron chi connectivity index (χ4n) is 15.0. The van der Waals surface area contributed by atoms with E-state index in [9.17, 15) is 17.6 Å². The van der Waals surface area contributed by atoms with Gasteiger partial charge in [-0.15, -0.1) is 45.3 Å². The maximum atomic E-state index is 14.4. The second-order valence-corrected chi connectivity index (χ2v) is 37.1. The smallest absolute Gasteiger partial charge is 0.399 e. The molecule has 0 radical (unpaired) electrons. The predicted octanol–water partition coefficient (Wildman–Crippen LogP) is 19.6. The molecule has 0 bridgehead atoms. The van der Waals surface area contributed by atoms with Crippen molar-refractivity contribution in [3.63, 3.8) is 0 Å². The van der Waals surface area contributed by atoms with Crippen molar-refractivity contribution in [2.75, 3.05) is 146 Å². The number of benzene rings is 4. The molecule has 12 aromatic rings. The van der Waals surface area contributed by atoms with Gasteiger partial charge in [0.1, 0.15) is 45.3 Å². The molecule has 4 aliphatic carbocycles. The first-order chi connectivity index (χ1) is 58.7. The number of nitrogens with zero attached hydrogens (tertiary/aromatic N) is 11. The molecule has 0 atom stereocenters. The summed E-state index contributed by atoms with van der Waals surface area (Å²) >= 11 is 34.2. The lowest BCUT2D eigenvalue weighted by Crippen LogP contribution is -2.41. The van der Waals surface area contributed by atoms with E-state index in [2.05, 4.69) is 98.4 Å². The molecule has 121 heavy (non-hydrogen) atoms. The van der Waals surface area contributed by atoms with Gasteiger partial charge in [0.25, 0.3) is 0 Å². The van der Waals surface area contributed by atoms with Gasteiger partial charge in [-0.3, -0.25) is 0 Å². The van der Waals surface area contributed by atoms with Crippen LogP contribution in [0.4, 0.5) is 35.1 Å². The van der Waals surface area contributed by atoms with Crippen molar-refractivity contribution in [1.29, 1.82) is 0 Å². The Morgan fingerprint density at radius 2 is 0.727 bits per heavy atom. The molecule has 6 aliphatic heterocycles. The number of thiophene rings is 4. The van der Waals surface area contributed by atoms with Crippen LogP contribution in [0.15, 0.2) is 108 Å². The van der Waals surface area contributed by atoms with Crippen molar-refractivity contribution in [2.45, 2.75) is 64.6 Å². The van der Waals surface area contributed by atoms with Crippen LogP contribution in [-0.2, 0) is 58.7 Å². The summed E-state index contributed by atoms with van der Waals surface area (Å²) < 4.78 is 101. The van der Waals surface area contributed by atoms with Crippen LogP contribution >= 0.6 is 128 Å². The molecule has 6 fully saturated rings. The fourth-order valence-corrected chi connectivity index (χ4v) is 21.3. The van der Waals surface area contributed by atoms with Crippen LogP contribution in [0.2, 0.25) is 15.7 Å². The molecule has 0 unspecified atom stereocenters. The quantitative estimate of drug-likeness (QED) is 0.0659. The largest absolute Gasteiger partial charge is 0.495 e. The Morgan fingerprint density at radius 3 is 1.15 bits per heavy atom. The Bertz CT molecular complexity index is 5910. The van der Waals surface area contributed by atoms with Crippen LogP contribution in [0.3, 0.4) is 0 Å². The Hall–Kier alpha value is -6.87. The second kappa shape index (κ2) is 39.4. The fraction of sp³-hybridized carbons (Fsp3) is 0.349. The number of ether oxygens (including phenoxy) is 5. The highest BCUT2D eigenvalue weighted by Gasteiger charge is 2.52. The zero-order chi connectivity index (χ0) is 84.1. The first kappa shape index (κ1) is 87.6. The topological polar surface area (TPSA) is 202 Å². The SMILES string of the molecule is C1COCCN1.C1COCCN1.CC1(C)OB(c2ccc(F)c3c2C=CC3)OC1(C)C.Clc1nc(Cl)c2scc(Br)c2n1.Fc1ccc(-c2nc(Cl)nc3c(Br)csc23)c2c1CC=C2.Fc1ccc(-c2nc(N3CCOCC3)nc3c(Br)csc23)c2c1CC=C2.Fc1ccc(-c2nc(N3CCOCC3)nc3c(N4CCOCC4)csc23)c2c1CC=C2. The summed E-state index contributed by atoms with van der Waals surface area (Å²) in [7, 11) is -0.429. The van der Waals surface area contributed by atoms with E-state index in [1.165, 1.54) is 23.5 Å². The van der Waals surface area contributed by atoms with Gasteiger partial charge in [-0.2, -0.15) is 0 Å². The average molecular weight is 1970 g/mol. The number of halogens is 10. The number of nitrogens with one attached hydrogen (secondary N) is 2. The molecule has 0 amide bonds. The molecule has 10 aliphatic rings.